The van der Waals surface area contributed by atoms with Crippen LogP contribution in [0.15, 0.2) is 30.3 Å². The SMILES string of the molecule is O=C(CCCc1ccccc1)NCC1CCN([C@H]2CCOC2)CC1. The van der Waals surface area contributed by atoms with E-state index in [9.17, 15) is 4.79 Å². The fourth-order valence-electron chi connectivity index (χ4n) is 3.78. The molecule has 3 rings (SSSR count). The molecule has 0 saturated carbocycles. The molecule has 4 nitrogen and oxygen atoms in total. The molecule has 1 N–H and O–H groups in total. The number of piperidine rings is 1. The molecular weight excluding hydrogens is 300 g/mol. The number of nitrogens with one attached hydrogen (secondary N) is 1. The summed E-state index contributed by atoms with van der Waals surface area (Å²) in [6.45, 7) is 4.98. The van der Waals surface area contributed by atoms with Crippen molar-refractivity contribution in [3.8, 4) is 0 Å². The van der Waals surface area contributed by atoms with Crippen LogP contribution in [0, 0.1) is 5.92 Å². The quantitative estimate of drug-likeness (QED) is 0.836. The highest BCUT2D eigenvalue weighted by Gasteiger charge is 2.27. The van der Waals surface area contributed by atoms with Gasteiger partial charge in [-0.1, -0.05) is 30.3 Å². The van der Waals surface area contributed by atoms with Gasteiger partial charge in [0.1, 0.15) is 0 Å². The van der Waals surface area contributed by atoms with E-state index in [-0.39, 0.29) is 5.91 Å². The molecule has 0 radical (unpaired) electrons. The number of nitrogens with zero attached hydrogens (tertiary/aromatic N) is 1. The highest BCUT2D eigenvalue weighted by Crippen LogP contribution is 2.21. The highest BCUT2D eigenvalue weighted by atomic mass is 16.5. The third kappa shape index (κ3) is 5.32. The van der Waals surface area contributed by atoms with Crippen LogP contribution in [0.5, 0.6) is 0 Å². The first kappa shape index (κ1) is 17.4. The first-order chi connectivity index (χ1) is 11.8. The molecule has 0 bridgehead atoms. The lowest BCUT2D eigenvalue weighted by atomic mass is 9.95. The summed E-state index contributed by atoms with van der Waals surface area (Å²) in [7, 11) is 0. The second kappa shape index (κ2) is 9.19. The summed E-state index contributed by atoms with van der Waals surface area (Å²) in [5.41, 5.74) is 1.31. The van der Waals surface area contributed by atoms with Crippen LogP contribution < -0.4 is 5.32 Å². The molecule has 0 aromatic heterocycles. The Kier molecular flexibility index (Phi) is 6.67. The Labute approximate surface area is 145 Å². The second-order valence-corrected chi connectivity index (χ2v) is 7.14. The van der Waals surface area contributed by atoms with Crippen LogP contribution in [0.1, 0.15) is 37.7 Å². The largest absolute Gasteiger partial charge is 0.380 e. The second-order valence-electron chi connectivity index (χ2n) is 7.14. The van der Waals surface area contributed by atoms with Gasteiger partial charge in [-0.05, 0) is 56.7 Å². The number of rotatable bonds is 7. The molecule has 1 amide bonds. The normalized spacial score (nSPS) is 22.6. The Morgan fingerprint density at radius 2 is 1.96 bits per heavy atom. The summed E-state index contributed by atoms with van der Waals surface area (Å²) in [6, 6.07) is 11.0. The van der Waals surface area contributed by atoms with Crippen LogP contribution in [0.2, 0.25) is 0 Å². The van der Waals surface area contributed by atoms with E-state index in [1.54, 1.807) is 0 Å². The fourth-order valence-corrected chi connectivity index (χ4v) is 3.78. The van der Waals surface area contributed by atoms with Gasteiger partial charge < -0.3 is 10.1 Å². The van der Waals surface area contributed by atoms with E-state index in [0.717, 1.165) is 45.7 Å². The van der Waals surface area contributed by atoms with E-state index >= 15 is 0 Å². The molecule has 2 saturated heterocycles. The molecule has 0 spiro atoms. The van der Waals surface area contributed by atoms with Crippen LogP contribution in [0.3, 0.4) is 0 Å². The Hall–Kier alpha value is -1.39. The minimum Gasteiger partial charge on any atom is -0.380 e. The van der Waals surface area contributed by atoms with Crippen molar-refractivity contribution in [3.05, 3.63) is 35.9 Å². The van der Waals surface area contributed by atoms with Gasteiger partial charge in [-0.3, -0.25) is 9.69 Å². The number of hydrogen-bond acceptors (Lipinski definition) is 3. The lowest BCUT2D eigenvalue weighted by Crippen LogP contribution is -2.43. The maximum Gasteiger partial charge on any atom is 0.220 e. The number of aryl methyl sites for hydroxylation is 1. The maximum absolute atomic E-state index is 12.0. The standard InChI is InChI=1S/C20H30N2O2/c23-20(8-4-7-17-5-2-1-3-6-17)21-15-18-9-12-22(13-10-18)19-11-14-24-16-19/h1-3,5-6,18-19H,4,7-16H2,(H,21,23)/t19-/m0/s1. The predicted molar refractivity (Wildman–Crippen MR) is 95.9 cm³/mol. The molecule has 2 heterocycles. The molecule has 24 heavy (non-hydrogen) atoms. The molecule has 0 aliphatic carbocycles. The van der Waals surface area contributed by atoms with E-state index < -0.39 is 0 Å². The third-order valence-electron chi connectivity index (χ3n) is 5.37. The Balaban J connectivity index is 1.27. The van der Waals surface area contributed by atoms with Crippen LogP contribution in [-0.4, -0.2) is 49.7 Å². The zero-order chi connectivity index (χ0) is 16.6. The van der Waals surface area contributed by atoms with Crippen LogP contribution in [-0.2, 0) is 16.0 Å². The van der Waals surface area contributed by atoms with Gasteiger partial charge in [0.25, 0.3) is 0 Å². The molecular formula is C20H30N2O2. The van der Waals surface area contributed by atoms with E-state index in [2.05, 4.69) is 34.5 Å². The van der Waals surface area contributed by atoms with Crippen LogP contribution in [0.25, 0.3) is 0 Å². The number of amides is 1. The first-order valence-corrected chi connectivity index (χ1v) is 9.43. The van der Waals surface area contributed by atoms with Gasteiger partial charge in [0.2, 0.25) is 5.91 Å². The molecule has 2 aliphatic rings. The molecule has 2 fully saturated rings. The monoisotopic (exact) mass is 330 g/mol. The van der Waals surface area contributed by atoms with Crippen molar-refractivity contribution in [2.75, 3.05) is 32.8 Å². The topological polar surface area (TPSA) is 41.6 Å². The molecule has 1 aromatic carbocycles. The summed E-state index contributed by atoms with van der Waals surface area (Å²) in [5, 5.41) is 3.14. The zero-order valence-electron chi connectivity index (χ0n) is 14.6. The van der Waals surface area contributed by atoms with Gasteiger partial charge in [-0.25, -0.2) is 0 Å². The van der Waals surface area contributed by atoms with Gasteiger partial charge in [-0.15, -0.1) is 0 Å². The summed E-state index contributed by atoms with van der Waals surface area (Å²) >= 11 is 0. The number of hydrogen-bond donors (Lipinski definition) is 1. The highest BCUT2D eigenvalue weighted by molar-refractivity contribution is 5.75. The molecule has 132 valence electrons. The van der Waals surface area contributed by atoms with E-state index in [1.165, 1.54) is 24.8 Å². The summed E-state index contributed by atoms with van der Waals surface area (Å²) in [5.74, 6) is 0.846. The van der Waals surface area contributed by atoms with Crippen molar-refractivity contribution in [2.24, 2.45) is 5.92 Å². The molecule has 4 heteroatoms. The van der Waals surface area contributed by atoms with Crippen molar-refractivity contribution in [1.82, 2.24) is 10.2 Å². The summed E-state index contributed by atoms with van der Waals surface area (Å²) in [4.78, 5) is 14.6. The third-order valence-corrected chi connectivity index (χ3v) is 5.37. The van der Waals surface area contributed by atoms with E-state index in [4.69, 9.17) is 4.74 Å². The Morgan fingerprint density at radius 3 is 2.67 bits per heavy atom. The smallest absolute Gasteiger partial charge is 0.220 e. The average molecular weight is 330 g/mol. The van der Waals surface area contributed by atoms with Gasteiger partial charge in [0.05, 0.1) is 6.61 Å². The number of ether oxygens (including phenoxy) is 1. The van der Waals surface area contributed by atoms with Gasteiger partial charge in [-0.2, -0.15) is 0 Å². The van der Waals surface area contributed by atoms with E-state index in [1.807, 2.05) is 6.07 Å². The number of benzene rings is 1. The predicted octanol–water partition coefficient (Wildman–Crippen LogP) is 2.63. The lowest BCUT2D eigenvalue weighted by molar-refractivity contribution is -0.121. The molecule has 2 aliphatic heterocycles. The number of likely N-dealkylation sites (tertiary alicyclic amines) is 1. The fraction of sp³-hybridized carbons (Fsp3) is 0.650. The minimum atomic E-state index is 0.206. The van der Waals surface area contributed by atoms with Crippen molar-refractivity contribution in [3.63, 3.8) is 0 Å². The van der Waals surface area contributed by atoms with Crippen molar-refractivity contribution in [2.45, 2.75) is 44.6 Å². The van der Waals surface area contributed by atoms with Gasteiger partial charge in [0.15, 0.2) is 0 Å². The van der Waals surface area contributed by atoms with Crippen molar-refractivity contribution >= 4 is 5.91 Å². The van der Waals surface area contributed by atoms with E-state index in [0.29, 0.717) is 18.4 Å². The summed E-state index contributed by atoms with van der Waals surface area (Å²) in [6.07, 6.45) is 6.11. The van der Waals surface area contributed by atoms with Crippen molar-refractivity contribution < 1.29 is 9.53 Å². The molecule has 1 atom stereocenters. The van der Waals surface area contributed by atoms with Crippen LogP contribution >= 0.6 is 0 Å². The molecule has 1 aromatic rings. The van der Waals surface area contributed by atoms with Crippen molar-refractivity contribution in [1.29, 1.82) is 0 Å². The zero-order valence-corrected chi connectivity index (χ0v) is 14.6. The van der Waals surface area contributed by atoms with Gasteiger partial charge in [0, 0.05) is 25.6 Å². The first-order valence-electron chi connectivity index (χ1n) is 9.43. The number of carbonyl (C=O) groups excluding carboxylic acids is 1. The molecule has 0 unspecified atom stereocenters. The average Bonchev–Trinajstić information content (AvgIpc) is 3.16. The number of carbonyl (C=O) groups is 1. The lowest BCUT2D eigenvalue weighted by Gasteiger charge is -2.35. The maximum atomic E-state index is 12.0. The Bertz CT molecular complexity index is 492. The Morgan fingerprint density at radius 1 is 1.17 bits per heavy atom. The van der Waals surface area contributed by atoms with Gasteiger partial charge >= 0.3 is 0 Å². The minimum absolute atomic E-state index is 0.206. The van der Waals surface area contributed by atoms with Crippen LogP contribution in [0.4, 0.5) is 0 Å². The summed E-state index contributed by atoms with van der Waals surface area (Å²) < 4.78 is 5.49.